The van der Waals surface area contributed by atoms with Gasteiger partial charge >= 0.3 is 0 Å². The number of rotatable bonds is 6. The number of aromatic nitrogens is 1. The second kappa shape index (κ2) is 9.92. The summed E-state index contributed by atoms with van der Waals surface area (Å²) < 4.78 is 5.35. The third-order valence-electron chi connectivity index (χ3n) is 5.51. The number of nitrogens with zero attached hydrogens (tertiary/aromatic N) is 1. The van der Waals surface area contributed by atoms with E-state index in [4.69, 9.17) is 27.9 Å². The summed E-state index contributed by atoms with van der Waals surface area (Å²) in [6.07, 6.45) is 1.06. The number of methoxy groups -OCH3 is 1. The Bertz CT molecular complexity index is 1060. The molecule has 0 aliphatic carbocycles. The fourth-order valence-electron chi connectivity index (χ4n) is 3.92. The van der Waals surface area contributed by atoms with Crippen molar-refractivity contribution in [3.05, 3.63) is 63.8 Å². The van der Waals surface area contributed by atoms with Crippen molar-refractivity contribution in [1.82, 2.24) is 15.6 Å². The fourth-order valence-corrected chi connectivity index (χ4v) is 4.40. The van der Waals surface area contributed by atoms with Crippen LogP contribution >= 0.6 is 23.2 Å². The van der Waals surface area contributed by atoms with Crippen LogP contribution in [0.1, 0.15) is 28.5 Å². The maximum Gasteiger partial charge on any atom is 0.251 e. The normalized spacial score (nSPS) is 15.6. The maximum atomic E-state index is 13.0. The second-order valence-electron chi connectivity index (χ2n) is 7.69. The summed E-state index contributed by atoms with van der Waals surface area (Å²) in [6, 6.07) is 12.8. The number of fused-ring (bicyclic) bond motifs is 1. The highest BCUT2D eigenvalue weighted by Gasteiger charge is 2.20. The van der Waals surface area contributed by atoms with Gasteiger partial charge in [0.25, 0.3) is 5.91 Å². The highest BCUT2D eigenvalue weighted by Crippen LogP contribution is 2.28. The van der Waals surface area contributed by atoms with Crippen LogP contribution in [0.25, 0.3) is 10.9 Å². The van der Waals surface area contributed by atoms with Crippen molar-refractivity contribution in [2.24, 2.45) is 0 Å². The number of nitrogens with one attached hydrogen (secondary N) is 3. The quantitative estimate of drug-likeness (QED) is 0.509. The molecule has 164 valence electrons. The van der Waals surface area contributed by atoms with Gasteiger partial charge in [0.2, 0.25) is 0 Å². The van der Waals surface area contributed by atoms with Crippen LogP contribution in [0.2, 0.25) is 10.0 Å². The summed E-state index contributed by atoms with van der Waals surface area (Å²) in [6.45, 7) is 4.10. The van der Waals surface area contributed by atoms with Crippen molar-refractivity contribution < 1.29 is 9.53 Å². The van der Waals surface area contributed by atoms with Crippen molar-refractivity contribution in [3.8, 4) is 0 Å². The number of ether oxygens (including phenoxy) is 1. The zero-order valence-electron chi connectivity index (χ0n) is 17.4. The molecule has 1 saturated heterocycles. The van der Waals surface area contributed by atoms with Crippen LogP contribution in [0.4, 0.5) is 5.69 Å². The first-order valence-electron chi connectivity index (χ1n) is 10.4. The van der Waals surface area contributed by atoms with E-state index < -0.39 is 0 Å². The van der Waals surface area contributed by atoms with Crippen LogP contribution in [-0.4, -0.2) is 50.8 Å². The first-order valence-corrected chi connectivity index (χ1v) is 11.1. The number of aromatic amines is 1. The van der Waals surface area contributed by atoms with Crippen LogP contribution < -0.4 is 15.5 Å². The average Bonchev–Trinajstić information content (AvgIpc) is 2.98. The van der Waals surface area contributed by atoms with Crippen molar-refractivity contribution in [2.75, 3.05) is 44.8 Å². The molecule has 6 nitrogen and oxygen atoms in total. The van der Waals surface area contributed by atoms with Gasteiger partial charge in [0.15, 0.2) is 0 Å². The SMILES string of the molecule is COCC(NC(=O)c1ccc(N2CCCNCC2)c(Cl)c1)c1cc2cc(Cl)ccc2[nH]1. The van der Waals surface area contributed by atoms with Crippen LogP contribution in [-0.2, 0) is 4.74 Å². The number of hydrogen-bond acceptors (Lipinski definition) is 4. The zero-order chi connectivity index (χ0) is 21.8. The molecule has 2 heterocycles. The predicted octanol–water partition coefficient (Wildman–Crippen LogP) is 4.39. The largest absolute Gasteiger partial charge is 0.382 e. The van der Waals surface area contributed by atoms with Gasteiger partial charge in [-0.3, -0.25) is 4.79 Å². The molecule has 1 amide bonds. The molecule has 0 bridgehead atoms. The topological polar surface area (TPSA) is 69.4 Å². The second-order valence-corrected chi connectivity index (χ2v) is 8.54. The minimum Gasteiger partial charge on any atom is -0.382 e. The van der Waals surface area contributed by atoms with Gasteiger partial charge in [-0.1, -0.05) is 23.2 Å². The average molecular weight is 461 g/mol. The molecule has 1 atom stereocenters. The third-order valence-corrected chi connectivity index (χ3v) is 6.05. The number of carbonyl (C=O) groups excluding carboxylic acids is 1. The smallest absolute Gasteiger partial charge is 0.251 e. The molecule has 0 spiro atoms. The molecule has 4 rings (SSSR count). The number of benzene rings is 2. The number of amides is 1. The summed E-state index contributed by atoms with van der Waals surface area (Å²) in [5.41, 5.74) is 3.28. The Morgan fingerprint density at radius 1 is 1.16 bits per heavy atom. The van der Waals surface area contributed by atoms with E-state index in [0.717, 1.165) is 54.9 Å². The first-order chi connectivity index (χ1) is 15.0. The molecule has 1 aliphatic rings. The molecule has 0 radical (unpaired) electrons. The van der Waals surface area contributed by atoms with Crippen LogP contribution in [0.15, 0.2) is 42.5 Å². The Labute approximate surface area is 191 Å². The predicted molar refractivity (Wildman–Crippen MR) is 127 cm³/mol. The molecule has 1 aromatic heterocycles. The van der Waals surface area contributed by atoms with Gasteiger partial charge < -0.3 is 25.3 Å². The van der Waals surface area contributed by atoms with Crippen molar-refractivity contribution >= 4 is 45.7 Å². The van der Waals surface area contributed by atoms with Crippen LogP contribution in [0.5, 0.6) is 0 Å². The van der Waals surface area contributed by atoms with Gasteiger partial charge in [-0.2, -0.15) is 0 Å². The van der Waals surface area contributed by atoms with Crippen molar-refractivity contribution in [2.45, 2.75) is 12.5 Å². The molecule has 1 aliphatic heterocycles. The van der Waals surface area contributed by atoms with E-state index >= 15 is 0 Å². The molecule has 2 aromatic carbocycles. The molecule has 31 heavy (non-hydrogen) atoms. The molecule has 8 heteroatoms. The molecule has 1 fully saturated rings. The van der Waals surface area contributed by atoms with E-state index in [-0.39, 0.29) is 11.9 Å². The fraction of sp³-hybridized carbons (Fsp3) is 0.348. The monoisotopic (exact) mass is 460 g/mol. The van der Waals surface area contributed by atoms with E-state index in [9.17, 15) is 4.79 Å². The number of hydrogen-bond donors (Lipinski definition) is 3. The molecular weight excluding hydrogens is 435 g/mol. The van der Waals surface area contributed by atoms with Gasteiger partial charge in [0.1, 0.15) is 0 Å². The van der Waals surface area contributed by atoms with E-state index in [1.165, 1.54) is 0 Å². The first kappa shape index (κ1) is 22.0. The van der Waals surface area contributed by atoms with Gasteiger partial charge in [-0.15, -0.1) is 0 Å². The Morgan fingerprint density at radius 3 is 2.84 bits per heavy atom. The Morgan fingerprint density at radius 2 is 2.03 bits per heavy atom. The van der Waals surface area contributed by atoms with Gasteiger partial charge in [0, 0.05) is 53.9 Å². The van der Waals surface area contributed by atoms with E-state index in [2.05, 4.69) is 20.5 Å². The number of H-pyrrole nitrogens is 1. The third kappa shape index (κ3) is 5.15. The van der Waals surface area contributed by atoms with Gasteiger partial charge in [0.05, 0.1) is 23.4 Å². The highest BCUT2D eigenvalue weighted by molar-refractivity contribution is 6.33. The molecular formula is C23H26Cl2N4O2. The summed E-state index contributed by atoms with van der Waals surface area (Å²) >= 11 is 12.7. The Hall–Kier alpha value is -2.25. The van der Waals surface area contributed by atoms with Crippen LogP contribution in [0.3, 0.4) is 0 Å². The maximum absolute atomic E-state index is 13.0. The minimum absolute atomic E-state index is 0.204. The van der Waals surface area contributed by atoms with Gasteiger partial charge in [-0.05, 0) is 55.4 Å². The Balaban J connectivity index is 1.52. The minimum atomic E-state index is -0.334. The molecule has 1 unspecified atom stereocenters. The number of anilines is 1. The summed E-state index contributed by atoms with van der Waals surface area (Å²) in [4.78, 5) is 18.6. The van der Waals surface area contributed by atoms with Gasteiger partial charge in [-0.25, -0.2) is 0 Å². The lowest BCUT2D eigenvalue weighted by molar-refractivity contribution is 0.0894. The highest BCUT2D eigenvalue weighted by atomic mass is 35.5. The summed E-state index contributed by atoms with van der Waals surface area (Å²) in [5, 5.41) is 8.67. The van der Waals surface area contributed by atoms with E-state index in [0.29, 0.717) is 22.2 Å². The summed E-state index contributed by atoms with van der Waals surface area (Å²) in [5.74, 6) is -0.204. The Kier molecular flexibility index (Phi) is 7.02. The van der Waals surface area contributed by atoms with Crippen LogP contribution in [0, 0.1) is 0 Å². The molecule has 0 saturated carbocycles. The lowest BCUT2D eigenvalue weighted by Gasteiger charge is -2.24. The summed E-state index contributed by atoms with van der Waals surface area (Å²) in [7, 11) is 1.61. The van der Waals surface area contributed by atoms with Crippen molar-refractivity contribution in [1.29, 1.82) is 0 Å². The standard InChI is InChI=1S/C23H26Cl2N4O2/c1-31-14-21(20-13-16-11-17(24)4-5-19(16)27-20)28-23(30)15-3-6-22(18(25)12-15)29-9-2-7-26-8-10-29/h3-6,11-13,21,26-27H,2,7-10,14H2,1H3,(H,28,30). The van der Waals surface area contributed by atoms with E-state index in [1.807, 2.05) is 36.4 Å². The number of halogens is 2. The van der Waals surface area contributed by atoms with E-state index in [1.54, 1.807) is 13.2 Å². The zero-order valence-corrected chi connectivity index (χ0v) is 18.9. The lowest BCUT2D eigenvalue weighted by atomic mass is 10.1. The molecule has 3 aromatic rings. The number of carbonyl (C=O) groups is 1. The lowest BCUT2D eigenvalue weighted by Crippen LogP contribution is -2.32. The van der Waals surface area contributed by atoms with Crippen molar-refractivity contribution in [3.63, 3.8) is 0 Å². The molecule has 3 N–H and O–H groups in total.